The molecule has 0 bridgehead atoms. The lowest BCUT2D eigenvalue weighted by atomic mass is 9.91. The lowest BCUT2D eigenvalue weighted by Crippen LogP contribution is -2.37. The second-order valence-corrected chi connectivity index (χ2v) is 6.39. The number of hydrogen-bond acceptors (Lipinski definition) is 4. The topological polar surface area (TPSA) is 64.9 Å². The van der Waals surface area contributed by atoms with Crippen molar-refractivity contribution in [3.05, 3.63) is 34.6 Å². The first-order chi connectivity index (χ1) is 10.1. The van der Waals surface area contributed by atoms with Crippen molar-refractivity contribution in [1.82, 2.24) is 10.1 Å². The van der Waals surface area contributed by atoms with Crippen LogP contribution < -0.4 is 5.73 Å². The molecule has 4 nitrogen and oxygen atoms in total. The Kier molecular flexibility index (Phi) is 4.00. The maximum Gasteiger partial charge on any atom is 0.258 e. The zero-order valence-corrected chi connectivity index (χ0v) is 13.0. The van der Waals surface area contributed by atoms with Crippen LogP contribution in [0.3, 0.4) is 0 Å². The fraction of sp³-hybridized carbons (Fsp3) is 0.500. The van der Waals surface area contributed by atoms with Gasteiger partial charge < -0.3 is 10.3 Å². The van der Waals surface area contributed by atoms with Gasteiger partial charge in [0.25, 0.3) is 5.89 Å². The van der Waals surface area contributed by atoms with Crippen molar-refractivity contribution < 1.29 is 4.52 Å². The molecule has 0 saturated heterocycles. The first kappa shape index (κ1) is 14.5. The Bertz CT molecular complexity index is 630. The summed E-state index contributed by atoms with van der Waals surface area (Å²) in [5.41, 5.74) is 8.01. The SMILES string of the molecule is Cc1cc(Cl)ccc1-c1nc(C2(N)CCCCCC2)no1. The maximum atomic E-state index is 6.53. The van der Waals surface area contributed by atoms with Gasteiger partial charge in [-0.15, -0.1) is 0 Å². The van der Waals surface area contributed by atoms with Gasteiger partial charge in [0, 0.05) is 10.6 Å². The molecule has 3 rings (SSSR count). The van der Waals surface area contributed by atoms with E-state index in [1.807, 2.05) is 25.1 Å². The number of halogens is 1. The summed E-state index contributed by atoms with van der Waals surface area (Å²) in [7, 11) is 0. The van der Waals surface area contributed by atoms with Crippen molar-refractivity contribution in [3.63, 3.8) is 0 Å². The number of nitrogens with zero attached hydrogens (tertiary/aromatic N) is 2. The van der Waals surface area contributed by atoms with Crippen molar-refractivity contribution in [1.29, 1.82) is 0 Å². The van der Waals surface area contributed by atoms with Crippen LogP contribution in [0.5, 0.6) is 0 Å². The molecule has 1 fully saturated rings. The molecule has 0 atom stereocenters. The summed E-state index contributed by atoms with van der Waals surface area (Å²) >= 11 is 5.98. The highest BCUT2D eigenvalue weighted by atomic mass is 35.5. The molecule has 0 radical (unpaired) electrons. The van der Waals surface area contributed by atoms with Gasteiger partial charge in [-0.2, -0.15) is 4.98 Å². The smallest absolute Gasteiger partial charge is 0.258 e. The van der Waals surface area contributed by atoms with E-state index in [0.29, 0.717) is 16.7 Å². The summed E-state index contributed by atoms with van der Waals surface area (Å²) in [5, 5.41) is 4.85. The summed E-state index contributed by atoms with van der Waals surface area (Å²) in [4.78, 5) is 4.56. The summed E-state index contributed by atoms with van der Waals surface area (Å²) in [5.74, 6) is 1.15. The zero-order valence-electron chi connectivity index (χ0n) is 12.2. The first-order valence-corrected chi connectivity index (χ1v) is 7.86. The van der Waals surface area contributed by atoms with Gasteiger partial charge in [-0.3, -0.25) is 0 Å². The third-order valence-electron chi connectivity index (χ3n) is 4.29. The first-order valence-electron chi connectivity index (χ1n) is 7.48. The van der Waals surface area contributed by atoms with Gasteiger partial charge in [0.2, 0.25) is 0 Å². The van der Waals surface area contributed by atoms with Gasteiger partial charge in [-0.25, -0.2) is 0 Å². The van der Waals surface area contributed by atoms with E-state index in [2.05, 4.69) is 10.1 Å². The molecule has 0 amide bonds. The van der Waals surface area contributed by atoms with Gasteiger partial charge in [0.1, 0.15) is 0 Å². The second-order valence-electron chi connectivity index (χ2n) is 5.95. The molecule has 1 aromatic carbocycles. The monoisotopic (exact) mass is 305 g/mol. The summed E-state index contributed by atoms with van der Waals surface area (Å²) in [6, 6.07) is 5.63. The molecule has 112 valence electrons. The van der Waals surface area contributed by atoms with E-state index < -0.39 is 5.54 Å². The number of rotatable bonds is 2. The lowest BCUT2D eigenvalue weighted by molar-refractivity contribution is 0.334. The highest BCUT2D eigenvalue weighted by Gasteiger charge is 2.33. The lowest BCUT2D eigenvalue weighted by Gasteiger charge is -2.23. The molecule has 1 aliphatic rings. The molecular formula is C16H20ClN3O. The number of aromatic nitrogens is 2. The van der Waals surface area contributed by atoms with Gasteiger partial charge in [0.05, 0.1) is 5.54 Å². The number of aryl methyl sites for hydroxylation is 1. The summed E-state index contributed by atoms with van der Waals surface area (Å²) in [6.07, 6.45) is 6.57. The number of nitrogens with two attached hydrogens (primary N) is 1. The van der Waals surface area contributed by atoms with E-state index in [-0.39, 0.29) is 0 Å². The second kappa shape index (κ2) is 5.78. The quantitative estimate of drug-likeness (QED) is 0.844. The molecule has 1 heterocycles. The molecule has 2 aromatic rings. The Hall–Kier alpha value is -1.39. The van der Waals surface area contributed by atoms with Crippen LogP contribution in [0, 0.1) is 6.92 Å². The Labute approximate surface area is 129 Å². The molecule has 2 N–H and O–H groups in total. The average Bonchev–Trinajstić information content (AvgIpc) is 2.83. The van der Waals surface area contributed by atoms with E-state index in [0.717, 1.165) is 36.8 Å². The van der Waals surface area contributed by atoms with E-state index >= 15 is 0 Å². The van der Waals surface area contributed by atoms with Crippen LogP contribution in [0.25, 0.3) is 11.5 Å². The predicted molar refractivity (Wildman–Crippen MR) is 83.0 cm³/mol. The minimum atomic E-state index is -0.446. The molecule has 1 aromatic heterocycles. The Balaban J connectivity index is 1.92. The van der Waals surface area contributed by atoms with E-state index in [1.54, 1.807) is 0 Å². The molecule has 5 heteroatoms. The van der Waals surface area contributed by atoms with Gasteiger partial charge in [0.15, 0.2) is 5.82 Å². The fourth-order valence-corrected chi connectivity index (χ4v) is 3.21. The zero-order chi connectivity index (χ0) is 14.9. The summed E-state index contributed by atoms with van der Waals surface area (Å²) < 4.78 is 5.45. The van der Waals surface area contributed by atoms with Crippen LogP contribution in [-0.4, -0.2) is 10.1 Å². The normalized spacial score (nSPS) is 18.4. The summed E-state index contributed by atoms with van der Waals surface area (Å²) in [6.45, 7) is 1.98. The molecule has 1 saturated carbocycles. The van der Waals surface area contributed by atoms with Crippen molar-refractivity contribution in [2.45, 2.75) is 51.0 Å². The number of hydrogen-bond donors (Lipinski definition) is 1. The van der Waals surface area contributed by atoms with E-state index in [4.69, 9.17) is 21.9 Å². The van der Waals surface area contributed by atoms with Crippen LogP contribution in [0.1, 0.15) is 49.9 Å². The number of benzene rings is 1. The Morgan fingerprint density at radius 2 is 1.90 bits per heavy atom. The third kappa shape index (κ3) is 2.97. The molecule has 0 unspecified atom stereocenters. The largest absolute Gasteiger partial charge is 0.334 e. The van der Waals surface area contributed by atoms with Crippen molar-refractivity contribution in [2.24, 2.45) is 5.73 Å². The van der Waals surface area contributed by atoms with Crippen LogP contribution in [0.2, 0.25) is 5.02 Å². The predicted octanol–water partition coefficient (Wildman–Crippen LogP) is 4.21. The standard InChI is InChI=1S/C16H20ClN3O/c1-11-10-12(17)6-7-13(11)14-19-15(20-21-14)16(18)8-4-2-3-5-9-16/h6-7,10H,2-5,8-9,18H2,1H3. The minimum absolute atomic E-state index is 0.446. The Morgan fingerprint density at radius 1 is 1.19 bits per heavy atom. The van der Waals surface area contributed by atoms with E-state index in [1.165, 1.54) is 12.8 Å². The molecule has 1 aliphatic carbocycles. The van der Waals surface area contributed by atoms with Crippen molar-refractivity contribution >= 4 is 11.6 Å². The average molecular weight is 306 g/mol. The molecule has 21 heavy (non-hydrogen) atoms. The third-order valence-corrected chi connectivity index (χ3v) is 4.52. The molecule has 0 spiro atoms. The molecule has 0 aliphatic heterocycles. The maximum absolute atomic E-state index is 6.53. The van der Waals surface area contributed by atoms with Crippen LogP contribution in [-0.2, 0) is 5.54 Å². The minimum Gasteiger partial charge on any atom is -0.334 e. The Morgan fingerprint density at radius 3 is 2.57 bits per heavy atom. The highest BCUT2D eigenvalue weighted by Crippen LogP contribution is 2.33. The van der Waals surface area contributed by atoms with Gasteiger partial charge >= 0.3 is 0 Å². The van der Waals surface area contributed by atoms with Crippen molar-refractivity contribution in [2.75, 3.05) is 0 Å². The molecular weight excluding hydrogens is 286 g/mol. The van der Waals surface area contributed by atoms with Gasteiger partial charge in [-0.1, -0.05) is 42.4 Å². The van der Waals surface area contributed by atoms with Crippen LogP contribution >= 0.6 is 11.6 Å². The van der Waals surface area contributed by atoms with Crippen LogP contribution in [0.15, 0.2) is 22.7 Å². The van der Waals surface area contributed by atoms with E-state index in [9.17, 15) is 0 Å². The van der Waals surface area contributed by atoms with Crippen molar-refractivity contribution in [3.8, 4) is 11.5 Å². The van der Waals surface area contributed by atoms with Gasteiger partial charge in [-0.05, 0) is 43.5 Å². The highest BCUT2D eigenvalue weighted by molar-refractivity contribution is 6.30. The fourth-order valence-electron chi connectivity index (χ4n) is 2.99. The van der Waals surface area contributed by atoms with Crippen LogP contribution in [0.4, 0.5) is 0 Å².